The quantitative estimate of drug-likeness (QED) is 0.768. The second-order valence-corrected chi connectivity index (χ2v) is 7.29. The topological polar surface area (TPSA) is 73.0 Å². The van der Waals surface area contributed by atoms with Crippen LogP contribution >= 0.6 is 0 Å². The molecule has 6 heteroatoms. The number of benzene rings is 1. The van der Waals surface area contributed by atoms with Crippen molar-refractivity contribution in [2.75, 3.05) is 19.6 Å². The molecule has 4 rings (SSSR count). The van der Waals surface area contributed by atoms with Crippen molar-refractivity contribution in [1.82, 2.24) is 25.7 Å². The molecule has 6 nitrogen and oxygen atoms in total. The SMILES string of the molecule is O=C(NCc1ccc(CN2CCCCC2)cc1)c1n[nH]c2c1CNCC2. The summed E-state index contributed by atoms with van der Waals surface area (Å²) in [6.07, 6.45) is 4.89. The zero-order chi connectivity index (χ0) is 17.8. The smallest absolute Gasteiger partial charge is 0.272 e. The van der Waals surface area contributed by atoms with Crippen LogP contribution in [0, 0.1) is 0 Å². The fraction of sp³-hybridized carbons (Fsp3) is 0.500. The molecule has 138 valence electrons. The molecule has 2 aromatic rings. The zero-order valence-corrected chi connectivity index (χ0v) is 15.2. The van der Waals surface area contributed by atoms with Crippen molar-refractivity contribution in [2.45, 2.75) is 45.3 Å². The fourth-order valence-electron chi connectivity index (χ4n) is 3.82. The van der Waals surface area contributed by atoms with Gasteiger partial charge in [-0.3, -0.25) is 14.8 Å². The van der Waals surface area contributed by atoms with E-state index in [-0.39, 0.29) is 5.91 Å². The summed E-state index contributed by atoms with van der Waals surface area (Å²) in [5.74, 6) is -0.108. The van der Waals surface area contributed by atoms with Gasteiger partial charge in [0, 0.05) is 43.9 Å². The second kappa shape index (κ2) is 8.01. The highest BCUT2D eigenvalue weighted by Crippen LogP contribution is 2.16. The Morgan fingerprint density at radius 3 is 2.69 bits per heavy atom. The van der Waals surface area contributed by atoms with Crippen LogP contribution in [0.25, 0.3) is 0 Å². The van der Waals surface area contributed by atoms with Gasteiger partial charge in [0.2, 0.25) is 0 Å². The summed E-state index contributed by atoms with van der Waals surface area (Å²) in [4.78, 5) is 15.0. The van der Waals surface area contributed by atoms with Crippen molar-refractivity contribution in [3.05, 3.63) is 52.3 Å². The minimum absolute atomic E-state index is 0.108. The Morgan fingerprint density at radius 2 is 1.88 bits per heavy atom. The van der Waals surface area contributed by atoms with Crippen LogP contribution in [0.3, 0.4) is 0 Å². The van der Waals surface area contributed by atoms with Gasteiger partial charge in [0.25, 0.3) is 5.91 Å². The molecule has 0 bridgehead atoms. The van der Waals surface area contributed by atoms with Crippen molar-refractivity contribution in [3.63, 3.8) is 0 Å². The minimum Gasteiger partial charge on any atom is -0.347 e. The van der Waals surface area contributed by atoms with Crippen molar-refractivity contribution < 1.29 is 4.79 Å². The van der Waals surface area contributed by atoms with Crippen LogP contribution in [0.5, 0.6) is 0 Å². The molecule has 1 saturated heterocycles. The van der Waals surface area contributed by atoms with Crippen molar-refractivity contribution in [1.29, 1.82) is 0 Å². The lowest BCUT2D eigenvalue weighted by molar-refractivity contribution is 0.0944. The van der Waals surface area contributed by atoms with Gasteiger partial charge in [0.1, 0.15) is 0 Å². The summed E-state index contributed by atoms with van der Waals surface area (Å²) in [5.41, 5.74) is 5.06. The Morgan fingerprint density at radius 1 is 1.12 bits per heavy atom. The number of aromatic amines is 1. The van der Waals surface area contributed by atoms with E-state index in [1.807, 2.05) is 0 Å². The van der Waals surface area contributed by atoms with Gasteiger partial charge < -0.3 is 10.6 Å². The molecule has 1 amide bonds. The number of piperidine rings is 1. The van der Waals surface area contributed by atoms with Gasteiger partial charge in [0.15, 0.2) is 5.69 Å². The molecule has 0 saturated carbocycles. The Balaban J connectivity index is 1.31. The Hall–Kier alpha value is -2.18. The molecule has 26 heavy (non-hydrogen) atoms. The molecule has 1 fully saturated rings. The maximum atomic E-state index is 12.5. The highest BCUT2D eigenvalue weighted by molar-refractivity contribution is 5.94. The van der Waals surface area contributed by atoms with Crippen LogP contribution < -0.4 is 10.6 Å². The Kier molecular flexibility index (Phi) is 5.32. The van der Waals surface area contributed by atoms with Gasteiger partial charge in [0.05, 0.1) is 0 Å². The molecular formula is C20H27N5O. The molecule has 3 N–H and O–H groups in total. The van der Waals surface area contributed by atoms with Crippen LogP contribution in [-0.4, -0.2) is 40.6 Å². The number of aromatic nitrogens is 2. The third kappa shape index (κ3) is 3.97. The lowest BCUT2D eigenvalue weighted by Gasteiger charge is -2.26. The monoisotopic (exact) mass is 353 g/mol. The standard InChI is InChI=1S/C20H27N5O/c26-20(19-17-13-21-9-8-18(17)23-24-19)22-12-15-4-6-16(7-5-15)14-25-10-2-1-3-11-25/h4-7,21H,1-3,8-14H2,(H,22,26)(H,23,24). The first-order valence-corrected chi connectivity index (χ1v) is 9.65. The van der Waals surface area contributed by atoms with E-state index >= 15 is 0 Å². The first-order valence-electron chi connectivity index (χ1n) is 9.65. The lowest BCUT2D eigenvalue weighted by atomic mass is 10.1. The van der Waals surface area contributed by atoms with E-state index in [0.29, 0.717) is 18.8 Å². The number of H-pyrrole nitrogens is 1. The Bertz CT molecular complexity index is 746. The first kappa shape index (κ1) is 17.2. The number of fused-ring (bicyclic) bond motifs is 1. The van der Waals surface area contributed by atoms with Crippen LogP contribution in [0.1, 0.15) is 52.1 Å². The molecule has 3 heterocycles. The molecule has 0 radical (unpaired) electrons. The van der Waals surface area contributed by atoms with Crippen LogP contribution in [0.4, 0.5) is 0 Å². The van der Waals surface area contributed by atoms with Crippen molar-refractivity contribution in [2.24, 2.45) is 0 Å². The highest BCUT2D eigenvalue weighted by Gasteiger charge is 2.21. The Labute approximate surface area is 154 Å². The fourth-order valence-corrected chi connectivity index (χ4v) is 3.82. The van der Waals surface area contributed by atoms with Gasteiger partial charge in [-0.1, -0.05) is 30.7 Å². The van der Waals surface area contributed by atoms with E-state index < -0.39 is 0 Å². The summed E-state index contributed by atoms with van der Waals surface area (Å²) in [7, 11) is 0. The summed E-state index contributed by atoms with van der Waals surface area (Å²) < 4.78 is 0. The number of nitrogens with zero attached hydrogens (tertiary/aromatic N) is 2. The molecule has 0 unspecified atom stereocenters. The normalized spacial score (nSPS) is 17.7. The predicted octanol–water partition coefficient (Wildman–Crippen LogP) is 1.97. The molecule has 0 spiro atoms. The maximum absolute atomic E-state index is 12.5. The number of rotatable bonds is 5. The predicted molar refractivity (Wildman–Crippen MR) is 101 cm³/mol. The molecule has 1 aromatic heterocycles. The van der Waals surface area contributed by atoms with Gasteiger partial charge in [-0.2, -0.15) is 5.10 Å². The van der Waals surface area contributed by atoms with E-state index in [1.165, 1.54) is 37.9 Å². The third-order valence-electron chi connectivity index (χ3n) is 5.35. The maximum Gasteiger partial charge on any atom is 0.272 e. The van der Waals surface area contributed by atoms with Gasteiger partial charge in [-0.15, -0.1) is 0 Å². The van der Waals surface area contributed by atoms with Crippen LogP contribution in [-0.2, 0) is 26.1 Å². The van der Waals surface area contributed by atoms with Gasteiger partial charge in [-0.05, 0) is 37.1 Å². The number of hydrogen-bond donors (Lipinski definition) is 3. The largest absolute Gasteiger partial charge is 0.347 e. The molecule has 0 aliphatic carbocycles. The zero-order valence-electron chi connectivity index (χ0n) is 15.2. The van der Waals surface area contributed by atoms with E-state index in [1.54, 1.807) is 0 Å². The number of carbonyl (C=O) groups excluding carboxylic acids is 1. The van der Waals surface area contributed by atoms with E-state index in [0.717, 1.165) is 36.3 Å². The molecule has 1 aromatic carbocycles. The third-order valence-corrected chi connectivity index (χ3v) is 5.35. The number of likely N-dealkylation sites (tertiary alicyclic amines) is 1. The first-order chi connectivity index (χ1) is 12.8. The molecule has 2 aliphatic heterocycles. The van der Waals surface area contributed by atoms with Gasteiger partial charge in [-0.25, -0.2) is 0 Å². The van der Waals surface area contributed by atoms with Crippen molar-refractivity contribution in [3.8, 4) is 0 Å². The average molecular weight is 353 g/mol. The number of hydrogen-bond acceptors (Lipinski definition) is 4. The van der Waals surface area contributed by atoms with Crippen LogP contribution in [0.2, 0.25) is 0 Å². The number of carbonyl (C=O) groups is 1. The molecule has 0 atom stereocenters. The van der Waals surface area contributed by atoms with Gasteiger partial charge >= 0.3 is 0 Å². The highest BCUT2D eigenvalue weighted by atomic mass is 16.1. The number of amides is 1. The van der Waals surface area contributed by atoms with E-state index in [9.17, 15) is 4.79 Å². The summed E-state index contributed by atoms with van der Waals surface area (Å²) in [5, 5.41) is 13.5. The van der Waals surface area contributed by atoms with Crippen molar-refractivity contribution >= 4 is 5.91 Å². The summed E-state index contributed by atoms with van der Waals surface area (Å²) >= 11 is 0. The lowest BCUT2D eigenvalue weighted by Crippen LogP contribution is -2.29. The molecule has 2 aliphatic rings. The average Bonchev–Trinajstić information content (AvgIpc) is 3.12. The number of nitrogens with one attached hydrogen (secondary N) is 3. The summed E-state index contributed by atoms with van der Waals surface area (Å²) in [6.45, 7) is 5.61. The second-order valence-electron chi connectivity index (χ2n) is 7.29. The van der Waals surface area contributed by atoms with E-state index in [4.69, 9.17) is 0 Å². The molecular weight excluding hydrogens is 326 g/mol. The van der Waals surface area contributed by atoms with Crippen LogP contribution in [0.15, 0.2) is 24.3 Å². The summed E-state index contributed by atoms with van der Waals surface area (Å²) in [6, 6.07) is 8.58. The van der Waals surface area contributed by atoms with E-state index in [2.05, 4.69) is 50.0 Å². The minimum atomic E-state index is -0.108.